The standard InChI is InChI=1S/C15H16N2O2S/c1-17-7-3-4-10-8-11(5-6-13(10)17)14-16-12(9-20-14)15(18)19-2/h5-6,8-9H,3-4,7H2,1-2H3. The highest BCUT2D eigenvalue weighted by Crippen LogP contribution is 2.32. The summed E-state index contributed by atoms with van der Waals surface area (Å²) >= 11 is 1.47. The lowest BCUT2D eigenvalue weighted by Gasteiger charge is -2.27. The average Bonchev–Trinajstić information content (AvgIpc) is 2.96. The summed E-state index contributed by atoms with van der Waals surface area (Å²) in [4.78, 5) is 18.1. The zero-order valence-electron chi connectivity index (χ0n) is 11.5. The third-order valence-corrected chi connectivity index (χ3v) is 4.47. The van der Waals surface area contributed by atoms with Crippen LogP contribution in [0.3, 0.4) is 0 Å². The van der Waals surface area contributed by atoms with E-state index >= 15 is 0 Å². The summed E-state index contributed by atoms with van der Waals surface area (Å²) in [5.74, 6) is -0.384. The van der Waals surface area contributed by atoms with Crippen molar-refractivity contribution >= 4 is 23.0 Å². The van der Waals surface area contributed by atoms with Crippen molar-refractivity contribution in [3.8, 4) is 10.6 Å². The van der Waals surface area contributed by atoms with Gasteiger partial charge >= 0.3 is 5.97 Å². The van der Waals surface area contributed by atoms with Gasteiger partial charge in [0.25, 0.3) is 0 Å². The number of methoxy groups -OCH3 is 1. The van der Waals surface area contributed by atoms with Gasteiger partial charge in [0.05, 0.1) is 7.11 Å². The van der Waals surface area contributed by atoms with E-state index in [2.05, 4.69) is 39.9 Å². The number of aryl methyl sites for hydroxylation is 1. The minimum atomic E-state index is -0.384. The molecule has 3 rings (SSSR count). The van der Waals surface area contributed by atoms with E-state index in [1.165, 1.54) is 36.1 Å². The number of thiazole rings is 1. The highest BCUT2D eigenvalue weighted by Gasteiger charge is 2.16. The smallest absolute Gasteiger partial charge is 0.357 e. The number of carbonyl (C=O) groups is 1. The Balaban J connectivity index is 1.95. The van der Waals surface area contributed by atoms with Crippen molar-refractivity contribution < 1.29 is 9.53 Å². The Labute approximate surface area is 122 Å². The number of rotatable bonds is 2. The number of benzene rings is 1. The van der Waals surface area contributed by atoms with Gasteiger partial charge in [0.1, 0.15) is 5.01 Å². The second-order valence-corrected chi connectivity index (χ2v) is 5.76. The maximum Gasteiger partial charge on any atom is 0.357 e. The van der Waals surface area contributed by atoms with Gasteiger partial charge in [0.2, 0.25) is 0 Å². The maximum atomic E-state index is 11.4. The molecule has 0 N–H and O–H groups in total. The van der Waals surface area contributed by atoms with Gasteiger partial charge in [-0.2, -0.15) is 0 Å². The van der Waals surface area contributed by atoms with Crippen molar-refractivity contribution in [3.63, 3.8) is 0 Å². The molecule has 104 valence electrons. The fourth-order valence-corrected chi connectivity index (χ4v) is 3.31. The topological polar surface area (TPSA) is 42.4 Å². The van der Waals surface area contributed by atoms with Gasteiger partial charge < -0.3 is 9.64 Å². The van der Waals surface area contributed by atoms with Crippen molar-refractivity contribution in [1.29, 1.82) is 0 Å². The van der Waals surface area contributed by atoms with Gasteiger partial charge in [-0.05, 0) is 36.6 Å². The molecule has 0 spiro atoms. The van der Waals surface area contributed by atoms with Crippen LogP contribution in [0.25, 0.3) is 10.6 Å². The fourth-order valence-electron chi connectivity index (χ4n) is 2.52. The van der Waals surface area contributed by atoms with Crippen LogP contribution < -0.4 is 4.90 Å². The number of nitrogens with zero attached hydrogens (tertiary/aromatic N) is 2. The van der Waals surface area contributed by atoms with E-state index in [0.717, 1.165) is 23.5 Å². The second-order valence-electron chi connectivity index (χ2n) is 4.90. The van der Waals surface area contributed by atoms with Crippen LogP contribution in [0.5, 0.6) is 0 Å². The third kappa shape index (κ3) is 2.29. The summed E-state index contributed by atoms with van der Waals surface area (Å²) in [5, 5.41) is 2.61. The molecule has 0 radical (unpaired) electrons. The molecule has 0 saturated heterocycles. The molecule has 2 heterocycles. The minimum Gasteiger partial charge on any atom is -0.464 e. The summed E-state index contributed by atoms with van der Waals surface area (Å²) in [6, 6.07) is 6.40. The molecule has 0 bridgehead atoms. The van der Waals surface area contributed by atoms with Crippen LogP contribution in [0, 0.1) is 0 Å². The lowest BCUT2D eigenvalue weighted by molar-refractivity contribution is 0.0595. The number of fused-ring (bicyclic) bond motifs is 1. The van der Waals surface area contributed by atoms with Crippen molar-refractivity contribution in [1.82, 2.24) is 4.98 Å². The summed E-state index contributed by atoms with van der Waals surface area (Å²) < 4.78 is 4.69. The zero-order valence-corrected chi connectivity index (χ0v) is 12.4. The van der Waals surface area contributed by atoms with Gasteiger partial charge in [-0.15, -0.1) is 11.3 Å². The van der Waals surface area contributed by atoms with E-state index in [4.69, 9.17) is 0 Å². The van der Waals surface area contributed by atoms with Crippen LogP contribution in [0.1, 0.15) is 22.5 Å². The lowest BCUT2D eigenvalue weighted by Crippen LogP contribution is -2.24. The normalized spacial score (nSPS) is 14.0. The van der Waals surface area contributed by atoms with E-state index in [0.29, 0.717) is 5.69 Å². The summed E-state index contributed by atoms with van der Waals surface area (Å²) in [6.45, 7) is 1.11. The number of aromatic nitrogens is 1. The van der Waals surface area contributed by atoms with Gasteiger partial charge in [0.15, 0.2) is 5.69 Å². The lowest BCUT2D eigenvalue weighted by atomic mass is 10.00. The van der Waals surface area contributed by atoms with Crippen molar-refractivity contribution in [3.05, 3.63) is 34.8 Å². The van der Waals surface area contributed by atoms with Crippen LogP contribution in [-0.4, -0.2) is 31.7 Å². The van der Waals surface area contributed by atoms with E-state index in [9.17, 15) is 4.79 Å². The number of anilines is 1. The monoisotopic (exact) mass is 288 g/mol. The number of esters is 1. The van der Waals surface area contributed by atoms with Crippen LogP contribution in [-0.2, 0) is 11.2 Å². The minimum absolute atomic E-state index is 0.377. The van der Waals surface area contributed by atoms with Gasteiger partial charge in [-0.1, -0.05) is 0 Å². The summed E-state index contributed by atoms with van der Waals surface area (Å²) in [6.07, 6.45) is 2.28. The molecule has 4 nitrogen and oxygen atoms in total. The number of ether oxygens (including phenoxy) is 1. The molecule has 2 aromatic rings. The Hall–Kier alpha value is -1.88. The van der Waals surface area contributed by atoms with E-state index in [-0.39, 0.29) is 5.97 Å². The average molecular weight is 288 g/mol. The maximum absolute atomic E-state index is 11.4. The SMILES string of the molecule is COC(=O)c1csc(-c2ccc3c(c2)CCCN3C)n1. The Morgan fingerprint density at radius 3 is 3.10 bits per heavy atom. The van der Waals surface area contributed by atoms with Crippen molar-refractivity contribution in [2.45, 2.75) is 12.8 Å². The summed E-state index contributed by atoms with van der Waals surface area (Å²) in [7, 11) is 3.49. The van der Waals surface area contributed by atoms with Crippen molar-refractivity contribution in [2.24, 2.45) is 0 Å². The van der Waals surface area contributed by atoms with Gasteiger partial charge in [0, 0.05) is 30.2 Å². The molecule has 1 aromatic heterocycles. The molecule has 1 aliphatic rings. The molecular weight excluding hydrogens is 272 g/mol. The zero-order chi connectivity index (χ0) is 14.1. The fraction of sp³-hybridized carbons (Fsp3) is 0.333. The molecule has 0 unspecified atom stereocenters. The molecule has 5 heteroatoms. The second kappa shape index (κ2) is 5.25. The highest BCUT2D eigenvalue weighted by atomic mass is 32.1. The number of hydrogen-bond donors (Lipinski definition) is 0. The molecule has 0 fully saturated rings. The molecular formula is C15H16N2O2S. The first-order valence-corrected chi connectivity index (χ1v) is 7.45. The number of hydrogen-bond acceptors (Lipinski definition) is 5. The number of carbonyl (C=O) groups excluding carboxylic acids is 1. The quantitative estimate of drug-likeness (QED) is 0.797. The first kappa shape index (κ1) is 13.1. The highest BCUT2D eigenvalue weighted by molar-refractivity contribution is 7.13. The largest absolute Gasteiger partial charge is 0.464 e. The van der Waals surface area contributed by atoms with Crippen LogP contribution in [0.15, 0.2) is 23.6 Å². The molecule has 0 amide bonds. The molecule has 0 atom stereocenters. The Morgan fingerprint density at radius 2 is 2.30 bits per heavy atom. The van der Waals surface area contributed by atoms with E-state index < -0.39 is 0 Å². The van der Waals surface area contributed by atoms with E-state index in [1.807, 2.05) is 0 Å². The molecule has 0 saturated carbocycles. The molecule has 0 aliphatic carbocycles. The predicted molar refractivity (Wildman–Crippen MR) is 80.5 cm³/mol. The summed E-state index contributed by atoms with van der Waals surface area (Å²) in [5.41, 5.74) is 4.09. The molecule has 1 aliphatic heterocycles. The van der Waals surface area contributed by atoms with E-state index in [1.54, 1.807) is 5.38 Å². The van der Waals surface area contributed by atoms with Crippen LogP contribution in [0.4, 0.5) is 5.69 Å². The first-order valence-electron chi connectivity index (χ1n) is 6.57. The third-order valence-electron chi connectivity index (χ3n) is 3.58. The Bertz CT molecular complexity index is 651. The Kier molecular flexibility index (Phi) is 3.44. The van der Waals surface area contributed by atoms with Crippen molar-refractivity contribution in [2.75, 3.05) is 25.6 Å². The van der Waals surface area contributed by atoms with Crippen LogP contribution >= 0.6 is 11.3 Å². The van der Waals surface area contributed by atoms with Gasteiger partial charge in [-0.25, -0.2) is 9.78 Å². The Morgan fingerprint density at radius 1 is 1.45 bits per heavy atom. The van der Waals surface area contributed by atoms with Gasteiger partial charge in [-0.3, -0.25) is 0 Å². The molecule has 1 aromatic carbocycles. The van der Waals surface area contributed by atoms with Crippen LogP contribution in [0.2, 0.25) is 0 Å². The first-order chi connectivity index (χ1) is 9.69. The predicted octanol–water partition coefficient (Wildman–Crippen LogP) is 2.98. The molecule has 20 heavy (non-hydrogen) atoms.